The third-order valence-electron chi connectivity index (χ3n) is 4.36. The molecule has 0 radical (unpaired) electrons. The zero-order valence-electron chi connectivity index (χ0n) is 15.7. The number of nitrogens with zero attached hydrogens (tertiary/aromatic N) is 2. The van der Waals surface area contributed by atoms with Crippen LogP contribution in [0.4, 0.5) is 24.9 Å². The number of alkyl halides is 3. The average Bonchev–Trinajstić information content (AvgIpc) is 3.49. The minimum Gasteiger partial charge on any atom is -0.406 e. The lowest BCUT2D eigenvalue weighted by atomic mass is 10.1. The lowest BCUT2D eigenvalue weighted by molar-refractivity contribution is -0.274. The predicted octanol–water partition coefficient (Wildman–Crippen LogP) is 5.99. The molecule has 1 fully saturated rings. The summed E-state index contributed by atoms with van der Waals surface area (Å²) in [5.41, 5.74) is 2.06. The summed E-state index contributed by atoms with van der Waals surface area (Å²) in [4.78, 5) is 8.99. The number of halogens is 4. The number of benzene rings is 2. The molecule has 0 atom stereocenters. The molecule has 1 saturated carbocycles. The van der Waals surface area contributed by atoms with Crippen LogP contribution >= 0.6 is 15.9 Å². The molecule has 0 saturated heterocycles. The monoisotopic (exact) mass is 478 g/mol. The van der Waals surface area contributed by atoms with Gasteiger partial charge in [0.1, 0.15) is 11.6 Å². The lowest BCUT2D eigenvalue weighted by Gasteiger charge is -2.13. The van der Waals surface area contributed by atoms with Crippen LogP contribution in [0.2, 0.25) is 0 Å². The van der Waals surface area contributed by atoms with Crippen molar-refractivity contribution in [1.29, 1.82) is 0 Å². The van der Waals surface area contributed by atoms with E-state index in [1.807, 2.05) is 24.3 Å². The maximum atomic E-state index is 12.6. The normalized spacial score (nSPS) is 13.7. The smallest absolute Gasteiger partial charge is 0.406 e. The number of hydrogen-bond donors (Lipinski definition) is 2. The van der Waals surface area contributed by atoms with Gasteiger partial charge in [-0.1, -0.05) is 40.2 Å². The minimum absolute atomic E-state index is 0.293. The summed E-state index contributed by atoms with van der Waals surface area (Å²) >= 11 is 3.45. The first-order valence-electron chi connectivity index (χ1n) is 9.34. The molecular formula is C21H18BrF3N4O. The Morgan fingerprint density at radius 2 is 1.83 bits per heavy atom. The maximum absolute atomic E-state index is 12.6. The lowest BCUT2D eigenvalue weighted by Crippen LogP contribution is -2.17. The molecule has 2 N–H and O–H groups in total. The van der Waals surface area contributed by atoms with Gasteiger partial charge in [-0.3, -0.25) is 0 Å². The summed E-state index contributed by atoms with van der Waals surface area (Å²) in [6.45, 7) is 0.538. The maximum Gasteiger partial charge on any atom is 0.573 e. The minimum atomic E-state index is -4.75. The molecule has 30 heavy (non-hydrogen) atoms. The van der Waals surface area contributed by atoms with Gasteiger partial charge in [0.2, 0.25) is 5.95 Å². The van der Waals surface area contributed by atoms with Crippen molar-refractivity contribution in [2.24, 2.45) is 0 Å². The van der Waals surface area contributed by atoms with Crippen molar-refractivity contribution in [3.05, 3.63) is 64.6 Å². The van der Waals surface area contributed by atoms with E-state index in [1.165, 1.54) is 18.2 Å². The number of anilines is 2. The van der Waals surface area contributed by atoms with Crippen LogP contribution in [0.25, 0.3) is 11.3 Å². The summed E-state index contributed by atoms with van der Waals surface area (Å²) < 4.78 is 42.7. The molecule has 0 bridgehead atoms. The molecule has 156 valence electrons. The Labute approximate surface area is 179 Å². The van der Waals surface area contributed by atoms with Crippen molar-refractivity contribution in [2.75, 3.05) is 10.6 Å². The average molecular weight is 479 g/mol. The second kappa shape index (κ2) is 8.51. The molecule has 4 rings (SSSR count). The Hall–Kier alpha value is -2.81. The Bertz CT molecular complexity index is 1040. The molecule has 0 unspecified atom stereocenters. The van der Waals surface area contributed by atoms with Gasteiger partial charge in [0.05, 0.1) is 5.69 Å². The first-order chi connectivity index (χ1) is 14.3. The number of ether oxygens (including phenoxy) is 1. The van der Waals surface area contributed by atoms with Crippen molar-refractivity contribution in [3.63, 3.8) is 0 Å². The SMILES string of the molecule is FC(F)(F)Oc1cccc(-c2cc(NCc3cccc(Br)c3)nc(NC3CC3)n2)c1. The third kappa shape index (κ3) is 5.85. The number of hydrogen-bond acceptors (Lipinski definition) is 5. The van der Waals surface area contributed by atoms with E-state index >= 15 is 0 Å². The fraction of sp³-hybridized carbons (Fsp3) is 0.238. The summed E-state index contributed by atoms with van der Waals surface area (Å²) in [6.07, 6.45) is -2.66. The summed E-state index contributed by atoms with van der Waals surface area (Å²) in [5, 5.41) is 6.51. The topological polar surface area (TPSA) is 59.1 Å². The molecular weight excluding hydrogens is 461 g/mol. The van der Waals surface area contributed by atoms with Crippen molar-refractivity contribution in [2.45, 2.75) is 31.8 Å². The van der Waals surface area contributed by atoms with Gasteiger partial charge < -0.3 is 15.4 Å². The predicted molar refractivity (Wildman–Crippen MR) is 112 cm³/mol. The van der Waals surface area contributed by atoms with Crippen LogP contribution in [-0.2, 0) is 6.54 Å². The van der Waals surface area contributed by atoms with Gasteiger partial charge in [-0.15, -0.1) is 13.2 Å². The molecule has 5 nitrogen and oxygen atoms in total. The van der Waals surface area contributed by atoms with Crippen molar-refractivity contribution in [1.82, 2.24) is 9.97 Å². The van der Waals surface area contributed by atoms with E-state index in [9.17, 15) is 13.2 Å². The van der Waals surface area contributed by atoms with Gasteiger partial charge in [0.15, 0.2) is 0 Å². The highest BCUT2D eigenvalue weighted by atomic mass is 79.9. The van der Waals surface area contributed by atoms with Gasteiger partial charge >= 0.3 is 6.36 Å². The summed E-state index contributed by atoms with van der Waals surface area (Å²) in [7, 11) is 0. The highest BCUT2D eigenvalue weighted by Crippen LogP contribution is 2.30. The zero-order valence-corrected chi connectivity index (χ0v) is 17.3. The van der Waals surface area contributed by atoms with Crippen LogP contribution in [-0.4, -0.2) is 22.4 Å². The molecule has 0 amide bonds. The van der Waals surface area contributed by atoms with Gasteiger partial charge in [0, 0.05) is 28.7 Å². The van der Waals surface area contributed by atoms with E-state index in [2.05, 4.69) is 41.3 Å². The van der Waals surface area contributed by atoms with Crippen molar-refractivity contribution >= 4 is 27.7 Å². The molecule has 1 aromatic heterocycles. The first-order valence-corrected chi connectivity index (χ1v) is 10.1. The van der Waals surface area contributed by atoms with E-state index in [4.69, 9.17) is 0 Å². The van der Waals surface area contributed by atoms with E-state index in [-0.39, 0.29) is 5.75 Å². The van der Waals surface area contributed by atoms with Crippen LogP contribution in [0.3, 0.4) is 0 Å². The Morgan fingerprint density at radius 3 is 2.57 bits per heavy atom. The Balaban J connectivity index is 1.60. The summed E-state index contributed by atoms with van der Waals surface area (Å²) in [5.74, 6) is 0.720. The van der Waals surface area contributed by atoms with Crippen LogP contribution < -0.4 is 15.4 Å². The first kappa shape index (κ1) is 20.5. The highest BCUT2D eigenvalue weighted by molar-refractivity contribution is 9.10. The molecule has 1 heterocycles. The van der Waals surface area contributed by atoms with Crippen molar-refractivity contribution in [3.8, 4) is 17.0 Å². The number of nitrogens with one attached hydrogen (secondary N) is 2. The molecule has 3 aromatic rings. The van der Waals surface area contributed by atoms with Crippen molar-refractivity contribution < 1.29 is 17.9 Å². The van der Waals surface area contributed by atoms with Crippen LogP contribution in [0.5, 0.6) is 5.75 Å². The fourth-order valence-electron chi connectivity index (χ4n) is 2.85. The molecule has 1 aliphatic carbocycles. The molecule has 1 aliphatic rings. The van der Waals surface area contributed by atoms with Gasteiger partial charge in [-0.2, -0.15) is 4.98 Å². The second-order valence-corrected chi connectivity index (χ2v) is 7.86. The van der Waals surface area contributed by atoms with Crippen LogP contribution in [0, 0.1) is 0 Å². The van der Waals surface area contributed by atoms with Crippen LogP contribution in [0.15, 0.2) is 59.1 Å². The molecule has 2 aromatic carbocycles. The summed E-state index contributed by atoms with van der Waals surface area (Å²) in [6, 6.07) is 15.7. The van der Waals surface area contributed by atoms with Gasteiger partial charge in [-0.25, -0.2) is 4.98 Å². The quantitative estimate of drug-likeness (QED) is 0.436. The number of rotatable bonds is 7. The van der Waals surface area contributed by atoms with Gasteiger partial charge in [0.25, 0.3) is 0 Å². The van der Waals surface area contributed by atoms with E-state index in [1.54, 1.807) is 12.1 Å². The highest BCUT2D eigenvalue weighted by Gasteiger charge is 2.31. The number of aromatic nitrogens is 2. The van der Waals surface area contributed by atoms with Crippen LogP contribution in [0.1, 0.15) is 18.4 Å². The fourth-order valence-corrected chi connectivity index (χ4v) is 3.30. The Morgan fingerprint density at radius 1 is 1.03 bits per heavy atom. The second-order valence-electron chi connectivity index (χ2n) is 6.94. The van der Waals surface area contributed by atoms with E-state index < -0.39 is 6.36 Å². The van der Waals surface area contributed by atoms with Gasteiger partial charge in [-0.05, 0) is 42.7 Å². The third-order valence-corrected chi connectivity index (χ3v) is 4.86. The molecule has 0 spiro atoms. The molecule has 9 heteroatoms. The Kier molecular flexibility index (Phi) is 5.80. The molecule has 0 aliphatic heterocycles. The van der Waals surface area contributed by atoms with E-state index in [0.29, 0.717) is 35.6 Å². The standard InChI is InChI=1S/C21H18BrF3N4O/c22-15-5-1-3-13(9-15)12-26-19-11-18(28-20(29-19)27-16-7-8-16)14-4-2-6-17(10-14)30-21(23,24)25/h1-6,9-11,16H,7-8,12H2,(H2,26,27,28,29). The zero-order chi connectivity index (χ0) is 21.1. The largest absolute Gasteiger partial charge is 0.573 e. The van der Waals surface area contributed by atoms with E-state index in [0.717, 1.165) is 22.9 Å².